The molecule has 0 fully saturated rings. The molecule has 1 aromatic carbocycles. The molecule has 3 N–H and O–H groups in total. The molecule has 7 heteroatoms. The van der Waals surface area contributed by atoms with Gasteiger partial charge in [0.2, 0.25) is 0 Å². The van der Waals surface area contributed by atoms with Gasteiger partial charge in [0, 0.05) is 21.3 Å². The third kappa shape index (κ3) is 3.04. The standard InChI is InChI=1S/C11H8Br2N4S/c12-6-1-2-7(13)8(5-6)17-11-9(10(14)18)15-3-4-16-11/h1-5H,(H2,14,18)(H,16,17). The van der Waals surface area contributed by atoms with Gasteiger partial charge in [-0.05, 0) is 34.1 Å². The number of benzene rings is 1. The number of rotatable bonds is 3. The average Bonchev–Trinajstić information content (AvgIpc) is 2.34. The normalized spacial score (nSPS) is 10.1. The lowest BCUT2D eigenvalue weighted by atomic mass is 10.3. The largest absolute Gasteiger partial charge is 0.388 e. The van der Waals surface area contributed by atoms with Crippen LogP contribution in [0.2, 0.25) is 0 Å². The Labute approximate surface area is 126 Å². The van der Waals surface area contributed by atoms with Crippen LogP contribution in [0.4, 0.5) is 11.5 Å². The number of aromatic nitrogens is 2. The van der Waals surface area contributed by atoms with Crippen molar-refractivity contribution in [2.75, 3.05) is 5.32 Å². The van der Waals surface area contributed by atoms with Crippen molar-refractivity contribution in [2.45, 2.75) is 0 Å². The van der Waals surface area contributed by atoms with Gasteiger partial charge in [-0.1, -0.05) is 28.1 Å². The Morgan fingerprint density at radius 3 is 2.67 bits per heavy atom. The van der Waals surface area contributed by atoms with Crippen LogP contribution in [-0.4, -0.2) is 15.0 Å². The molecule has 0 unspecified atom stereocenters. The third-order valence-corrected chi connectivity index (χ3v) is 3.49. The van der Waals surface area contributed by atoms with Gasteiger partial charge in [0.25, 0.3) is 0 Å². The van der Waals surface area contributed by atoms with Gasteiger partial charge < -0.3 is 11.1 Å². The molecule has 0 radical (unpaired) electrons. The van der Waals surface area contributed by atoms with Crippen LogP contribution in [0.1, 0.15) is 5.69 Å². The van der Waals surface area contributed by atoms with Crippen molar-refractivity contribution < 1.29 is 0 Å². The number of thiocarbonyl (C=S) groups is 1. The van der Waals surface area contributed by atoms with Gasteiger partial charge in [0.15, 0.2) is 5.82 Å². The predicted octanol–water partition coefficient (Wildman–Crippen LogP) is 3.38. The summed E-state index contributed by atoms with van der Waals surface area (Å²) >= 11 is 11.8. The van der Waals surface area contributed by atoms with Crippen LogP contribution in [-0.2, 0) is 0 Å². The van der Waals surface area contributed by atoms with Crippen molar-refractivity contribution in [3.63, 3.8) is 0 Å². The van der Waals surface area contributed by atoms with Crippen molar-refractivity contribution in [1.29, 1.82) is 0 Å². The smallest absolute Gasteiger partial charge is 0.159 e. The highest BCUT2D eigenvalue weighted by Crippen LogP contribution is 2.28. The summed E-state index contributed by atoms with van der Waals surface area (Å²) in [6, 6.07) is 5.77. The van der Waals surface area contributed by atoms with Crippen LogP contribution < -0.4 is 11.1 Å². The molecule has 0 amide bonds. The van der Waals surface area contributed by atoms with E-state index in [0.29, 0.717) is 11.5 Å². The molecular weight excluding hydrogens is 380 g/mol. The highest BCUT2D eigenvalue weighted by Gasteiger charge is 2.09. The van der Waals surface area contributed by atoms with Crippen molar-refractivity contribution >= 4 is 60.6 Å². The van der Waals surface area contributed by atoms with Crippen LogP contribution in [0.3, 0.4) is 0 Å². The first-order valence-corrected chi connectivity index (χ1v) is 6.90. The number of nitrogens with two attached hydrogens (primary N) is 1. The molecule has 0 aliphatic rings. The molecule has 0 bridgehead atoms. The molecule has 0 atom stereocenters. The molecule has 0 aliphatic carbocycles. The Kier molecular flexibility index (Phi) is 4.26. The van der Waals surface area contributed by atoms with E-state index >= 15 is 0 Å². The maximum absolute atomic E-state index is 5.60. The van der Waals surface area contributed by atoms with E-state index in [9.17, 15) is 0 Å². The third-order valence-electron chi connectivity index (χ3n) is 2.11. The summed E-state index contributed by atoms with van der Waals surface area (Å²) in [5.41, 5.74) is 6.93. The summed E-state index contributed by atoms with van der Waals surface area (Å²) < 4.78 is 1.86. The van der Waals surface area contributed by atoms with Crippen molar-refractivity contribution in [3.8, 4) is 0 Å². The van der Waals surface area contributed by atoms with E-state index < -0.39 is 0 Å². The van der Waals surface area contributed by atoms with Crippen molar-refractivity contribution in [3.05, 3.63) is 45.2 Å². The Balaban J connectivity index is 2.40. The van der Waals surface area contributed by atoms with Gasteiger partial charge in [-0.3, -0.25) is 0 Å². The molecule has 0 aliphatic heterocycles. The molecule has 1 heterocycles. The summed E-state index contributed by atoms with van der Waals surface area (Å²) in [6.45, 7) is 0. The van der Waals surface area contributed by atoms with E-state index in [1.165, 1.54) is 0 Å². The highest BCUT2D eigenvalue weighted by molar-refractivity contribution is 9.11. The first-order valence-electron chi connectivity index (χ1n) is 4.91. The van der Waals surface area contributed by atoms with Gasteiger partial charge in [0.05, 0.1) is 5.69 Å². The lowest BCUT2D eigenvalue weighted by Gasteiger charge is -2.10. The van der Waals surface area contributed by atoms with Crippen LogP contribution in [0.25, 0.3) is 0 Å². The molecule has 18 heavy (non-hydrogen) atoms. The Morgan fingerprint density at radius 2 is 1.94 bits per heavy atom. The number of nitrogens with one attached hydrogen (secondary N) is 1. The number of hydrogen-bond acceptors (Lipinski definition) is 4. The highest BCUT2D eigenvalue weighted by atomic mass is 79.9. The van der Waals surface area contributed by atoms with E-state index in [4.69, 9.17) is 18.0 Å². The molecule has 0 spiro atoms. The van der Waals surface area contributed by atoms with Gasteiger partial charge in [0.1, 0.15) is 10.7 Å². The fourth-order valence-corrected chi connectivity index (χ4v) is 2.19. The van der Waals surface area contributed by atoms with E-state index in [0.717, 1.165) is 14.6 Å². The maximum atomic E-state index is 5.60. The van der Waals surface area contributed by atoms with Gasteiger partial charge in [-0.2, -0.15) is 0 Å². The average molecular weight is 388 g/mol. The van der Waals surface area contributed by atoms with Crippen LogP contribution in [0, 0.1) is 0 Å². The Hall–Kier alpha value is -1.05. The van der Waals surface area contributed by atoms with Crippen LogP contribution in [0.5, 0.6) is 0 Å². The second-order valence-electron chi connectivity index (χ2n) is 3.37. The van der Waals surface area contributed by atoms with Gasteiger partial charge in [-0.15, -0.1) is 0 Å². The first kappa shape index (κ1) is 13.4. The number of halogens is 2. The topological polar surface area (TPSA) is 63.8 Å². The lowest BCUT2D eigenvalue weighted by molar-refractivity contribution is 1.18. The zero-order valence-electron chi connectivity index (χ0n) is 9.02. The molecule has 0 saturated carbocycles. The zero-order valence-corrected chi connectivity index (χ0v) is 13.0. The zero-order chi connectivity index (χ0) is 13.1. The van der Waals surface area contributed by atoms with Crippen molar-refractivity contribution in [2.24, 2.45) is 5.73 Å². The van der Waals surface area contributed by atoms with Crippen molar-refractivity contribution in [1.82, 2.24) is 9.97 Å². The minimum atomic E-state index is 0.205. The van der Waals surface area contributed by atoms with E-state index in [-0.39, 0.29) is 4.99 Å². The predicted molar refractivity (Wildman–Crippen MR) is 83.0 cm³/mol. The van der Waals surface area contributed by atoms with E-state index in [1.54, 1.807) is 12.4 Å². The second-order valence-corrected chi connectivity index (χ2v) is 5.58. The van der Waals surface area contributed by atoms with Gasteiger partial charge >= 0.3 is 0 Å². The maximum Gasteiger partial charge on any atom is 0.159 e. The summed E-state index contributed by atoms with van der Waals surface area (Å²) in [5.74, 6) is 0.531. The summed E-state index contributed by atoms with van der Waals surface area (Å²) in [5, 5.41) is 3.14. The molecule has 1 aromatic heterocycles. The molecule has 2 rings (SSSR count). The quantitative estimate of drug-likeness (QED) is 0.790. The minimum absolute atomic E-state index is 0.205. The van der Waals surface area contributed by atoms with Gasteiger partial charge in [-0.25, -0.2) is 9.97 Å². The first-order chi connectivity index (χ1) is 8.58. The summed E-state index contributed by atoms with van der Waals surface area (Å²) in [6.07, 6.45) is 3.13. The fourth-order valence-electron chi connectivity index (χ4n) is 1.33. The minimum Gasteiger partial charge on any atom is -0.388 e. The van der Waals surface area contributed by atoms with E-state index in [2.05, 4.69) is 47.1 Å². The molecular formula is C11H8Br2N4S. The monoisotopic (exact) mass is 386 g/mol. The summed E-state index contributed by atoms with van der Waals surface area (Å²) in [4.78, 5) is 8.50. The Bertz CT molecular complexity index is 603. The number of nitrogens with zero attached hydrogens (tertiary/aromatic N) is 2. The van der Waals surface area contributed by atoms with E-state index in [1.807, 2.05) is 18.2 Å². The lowest BCUT2D eigenvalue weighted by Crippen LogP contribution is -2.15. The SMILES string of the molecule is NC(=S)c1nccnc1Nc1cc(Br)ccc1Br. The fraction of sp³-hybridized carbons (Fsp3) is 0. The summed E-state index contributed by atoms with van der Waals surface area (Å²) in [7, 11) is 0. The molecule has 4 nitrogen and oxygen atoms in total. The van der Waals surface area contributed by atoms with Crippen LogP contribution in [0.15, 0.2) is 39.5 Å². The second kappa shape index (κ2) is 5.73. The number of hydrogen-bond donors (Lipinski definition) is 2. The van der Waals surface area contributed by atoms with Crippen LogP contribution >= 0.6 is 44.1 Å². The molecule has 2 aromatic rings. The molecule has 0 saturated heterocycles. The number of anilines is 2. The Morgan fingerprint density at radius 1 is 1.22 bits per heavy atom. The molecule has 92 valence electrons.